The molecule has 0 radical (unpaired) electrons. The van der Waals surface area contributed by atoms with Gasteiger partial charge in [0.2, 0.25) is 6.41 Å². The second-order valence-electron chi connectivity index (χ2n) is 6.37. The second-order valence-corrected chi connectivity index (χ2v) is 6.37. The topological polar surface area (TPSA) is 66.8 Å². The van der Waals surface area contributed by atoms with Crippen molar-refractivity contribution in [1.29, 1.82) is 0 Å². The van der Waals surface area contributed by atoms with E-state index in [2.05, 4.69) is 0 Å². The van der Waals surface area contributed by atoms with Crippen LogP contribution in [0, 0.1) is 6.92 Å². The number of aryl methyl sites for hydroxylation is 1. The number of amides is 1. The number of rotatable bonds is 1. The quantitative estimate of drug-likeness (QED) is 0.800. The van der Waals surface area contributed by atoms with E-state index in [0.29, 0.717) is 31.7 Å². The number of carbonyl (C=O) groups is 2. The van der Waals surface area contributed by atoms with Gasteiger partial charge in [0.1, 0.15) is 6.10 Å². The minimum absolute atomic E-state index is 0.0395. The van der Waals surface area contributed by atoms with Gasteiger partial charge in [0.15, 0.2) is 17.3 Å². The third-order valence-electron chi connectivity index (χ3n) is 5.17. The Morgan fingerprint density at radius 2 is 2.32 bits per heavy atom. The summed E-state index contributed by atoms with van der Waals surface area (Å²) in [5, 5.41) is 10.3. The molecule has 0 saturated heterocycles. The van der Waals surface area contributed by atoms with Crippen LogP contribution in [0.4, 0.5) is 0 Å². The molecule has 0 bridgehead atoms. The third-order valence-corrected chi connectivity index (χ3v) is 5.17. The van der Waals surface area contributed by atoms with E-state index in [1.807, 2.05) is 13.0 Å². The lowest BCUT2D eigenvalue weighted by atomic mass is 9.69. The smallest absolute Gasteiger partial charge is 0.210 e. The van der Waals surface area contributed by atoms with Crippen LogP contribution in [0.25, 0.3) is 0 Å². The zero-order valence-corrected chi connectivity index (χ0v) is 12.3. The number of ether oxygens (including phenoxy) is 1. The highest BCUT2D eigenvalue weighted by molar-refractivity contribution is 5.92. The minimum atomic E-state index is -0.417. The second kappa shape index (κ2) is 4.35. The van der Waals surface area contributed by atoms with Crippen LogP contribution in [0.2, 0.25) is 0 Å². The van der Waals surface area contributed by atoms with Crippen LogP contribution in [0.5, 0.6) is 11.5 Å². The van der Waals surface area contributed by atoms with Gasteiger partial charge in [0, 0.05) is 25.1 Å². The molecule has 2 atom stereocenters. The molecule has 1 N–H and O–H groups in total. The number of benzene rings is 1. The zero-order valence-electron chi connectivity index (χ0n) is 12.3. The molecule has 5 nitrogen and oxygen atoms in total. The molecule has 4 rings (SSSR count). The third kappa shape index (κ3) is 1.59. The molecular formula is C17H17NO4. The van der Waals surface area contributed by atoms with E-state index in [1.165, 1.54) is 0 Å². The lowest BCUT2D eigenvalue weighted by Gasteiger charge is -2.33. The fourth-order valence-corrected chi connectivity index (χ4v) is 4.02. The summed E-state index contributed by atoms with van der Waals surface area (Å²) in [6.45, 7) is 3.05. The SMILES string of the molecule is Cc1cc(O)c2c3c1CN(C=O)CCC31C=CC(=O)CC1O2. The summed E-state index contributed by atoms with van der Waals surface area (Å²) in [6.07, 6.45) is 5.12. The van der Waals surface area contributed by atoms with E-state index in [0.717, 1.165) is 23.1 Å². The van der Waals surface area contributed by atoms with Gasteiger partial charge in [0.05, 0.1) is 5.41 Å². The molecule has 2 heterocycles. The molecule has 0 aromatic heterocycles. The van der Waals surface area contributed by atoms with Crippen LogP contribution < -0.4 is 4.74 Å². The lowest BCUT2D eigenvalue weighted by Crippen LogP contribution is -2.41. The molecule has 2 unspecified atom stereocenters. The largest absolute Gasteiger partial charge is 0.504 e. The van der Waals surface area contributed by atoms with Gasteiger partial charge in [0.25, 0.3) is 0 Å². The Bertz CT molecular complexity index is 724. The Balaban J connectivity index is 2.00. The van der Waals surface area contributed by atoms with Crippen molar-refractivity contribution in [3.8, 4) is 11.5 Å². The fourth-order valence-electron chi connectivity index (χ4n) is 4.02. The molecule has 3 aliphatic rings. The Labute approximate surface area is 128 Å². The minimum Gasteiger partial charge on any atom is -0.504 e. The van der Waals surface area contributed by atoms with Crippen molar-refractivity contribution < 1.29 is 19.4 Å². The zero-order chi connectivity index (χ0) is 15.5. The standard InChI is InChI=1S/C17H17NO4/c1-10-6-13(21)16-15-12(10)8-18(9-19)5-4-17(15)3-2-11(20)7-14(17)22-16/h2-3,6,9,14,21H,4-5,7-8H2,1H3. The highest BCUT2D eigenvalue weighted by Gasteiger charge is 2.53. The molecule has 22 heavy (non-hydrogen) atoms. The van der Waals surface area contributed by atoms with E-state index in [9.17, 15) is 14.7 Å². The number of allylic oxidation sites excluding steroid dienone is 1. The number of phenols is 1. The Morgan fingerprint density at radius 1 is 1.50 bits per heavy atom. The van der Waals surface area contributed by atoms with Crippen molar-refractivity contribution in [3.63, 3.8) is 0 Å². The van der Waals surface area contributed by atoms with Crippen molar-refractivity contribution in [3.05, 3.63) is 34.9 Å². The maximum absolute atomic E-state index is 11.8. The predicted octanol–water partition coefficient (Wildman–Crippen LogP) is 1.59. The summed E-state index contributed by atoms with van der Waals surface area (Å²) < 4.78 is 5.98. The number of hydrogen-bond donors (Lipinski definition) is 1. The van der Waals surface area contributed by atoms with Crippen molar-refractivity contribution in [2.24, 2.45) is 0 Å². The van der Waals surface area contributed by atoms with Gasteiger partial charge < -0.3 is 14.7 Å². The van der Waals surface area contributed by atoms with Gasteiger partial charge in [-0.05, 0) is 36.6 Å². The fraction of sp³-hybridized carbons (Fsp3) is 0.412. The lowest BCUT2D eigenvalue weighted by molar-refractivity contribution is -0.119. The van der Waals surface area contributed by atoms with Crippen molar-refractivity contribution >= 4 is 12.2 Å². The molecular weight excluding hydrogens is 282 g/mol. The van der Waals surface area contributed by atoms with Gasteiger partial charge in [-0.3, -0.25) is 9.59 Å². The van der Waals surface area contributed by atoms with E-state index in [4.69, 9.17) is 4.74 Å². The van der Waals surface area contributed by atoms with Crippen LogP contribution in [-0.4, -0.2) is 34.8 Å². The van der Waals surface area contributed by atoms with E-state index < -0.39 is 5.41 Å². The summed E-state index contributed by atoms with van der Waals surface area (Å²) in [5.41, 5.74) is 2.51. The van der Waals surface area contributed by atoms with Gasteiger partial charge in [-0.2, -0.15) is 0 Å². The van der Waals surface area contributed by atoms with Gasteiger partial charge in [-0.15, -0.1) is 0 Å². The van der Waals surface area contributed by atoms with Crippen LogP contribution in [-0.2, 0) is 21.5 Å². The molecule has 1 amide bonds. The average molecular weight is 299 g/mol. The first-order chi connectivity index (χ1) is 10.5. The molecule has 2 aliphatic heterocycles. The first-order valence-corrected chi connectivity index (χ1v) is 7.49. The highest BCUT2D eigenvalue weighted by atomic mass is 16.5. The summed E-state index contributed by atoms with van der Waals surface area (Å²) in [6, 6.07) is 1.68. The predicted molar refractivity (Wildman–Crippen MR) is 78.8 cm³/mol. The summed E-state index contributed by atoms with van der Waals surface area (Å²) in [5.74, 6) is 0.640. The van der Waals surface area contributed by atoms with Gasteiger partial charge in [-0.1, -0.05) is 6.08 Å². The number of hydrogen-bond acceptors (Lipinski definition) is 4. The molecule has 1 aromatic carbocycles. The van der Waals surface area contributed by atoms with Crippen molar-refractivity contribution in [2.45, 2.75) is 37.8 Å². The number of ketones is 1. The molecule has 0 saturated carbocycles. The summed E-state index contributed by atoms with van der Waals surface area (Å²) in [7, 11) is 0. The molecule has 0 fully saturated rings. The molecule has 114 valence electrons. The molecule has 1 aliphatic carbocycles. The Kier molecular flexibility index (Phi) is 2.64. The number of carbonyl (C=O) groups excluding carboxylic acids is 2. The van der Waals surface area contributed by atoms with Crippen LogP contribution >= 0.6 is 0 Å². The van der Waals surface area contributed by atoms with Crippen molar-refractivity contribution in [2.75, 3.05) is 6.54 Å². The maximum atomic E-state index is 11.8. The van der Waals surface area contributed by atoms with E-state index >= 15 is 0 Å². The van der Waals surface area contributed by atoms with Crippen LogP contribution in [0.15, 0.2) is 18.2 Å². The van der Waals surface area contributed by atoms with Gasteiger partial charge >= 0.3 is 0 Å². The molecule has 5 heteroatoms. The Morgan fingerprint density at radius 3 is 3.09 bits per heavy atom. The Hall–Kier alpha value is -2.30. The number of phenolic OH excluding ortho intramolecular Hbond substituents is 1. The average Bonchev–Trinajstić information content (AvgIpc) is 2.72. The van der Waals surface area contributed by atoms with E-state index in [1.54, 1.807) is 17.0 Å². The molecule has 1 aromatic rings. The monoisotopic (exact) mass is 299 g/mol. The maximum Gasteiger partial charge on any atom is 0.210 e. The number of aromatic hydroxyl groups is 1. The molecule has 1 spiro atoms. The van der Waals surface area contributed by atoms with Crippen molar-refractivity contribution in [1.82, 2.24) is 4.90 Å². The van der Waals surface area contributed by atoms with Crippen LogP contribution in [0.3, 0.4) is 0 Å². The number of nitrogens with zero attached hydrogens (tertiary/aromatic N) is 1. The van der Waals surface area contributed by atoms with E-state index in [-0.39, 0.29) is 17.6 Å². The first-order valence-electron chi connectivity index (χ1n) is 7.49. The highest BCUT2D eigenvalue weighted by Crippen LogP contribution is 2.55. The first kappa shape index (κ1) is 13.4. The van der Waals surface area contributed by atoms with Gasteiger partial charge in [-0.25, -0.2) is 0 Å². The van der Waals surface area contributed by atoms with Crippen LogP contribution in [0.1, 0.15) is 29.5 Å². The normalized spacial score (nSPS) is 28.7. The summed E-state index contributed by atoms with van der Waals surface area (Å²) in [4.78, 5) is 24.8. The summed E-state index contributed by atoms with van der Waals surface area (Å²) >= 11 is 0.